The van der Waals surface area contributed by atoms with Crippen LogP contribution >= 0.6 is 15.9 Å². The van der Waals surface area contributed by atoms with Crippen molar-refractivity contribution in [2.75, 3.05) is 13.7 Å². The summed E-state index contributed by atoms with van der Waals surface area (Å²) in [6.45, 7) is 4.09. The number of aryl methyl sites for hydroxylation is 1. The van der Waals surface area contributed by atoms with E-state index in [9.17, 15) is 9.59 Å². The summed E-state index contributed by atoms with van der Waals surface area (Å²) in [5.74, 6) is 0.169. The lowest BCUT2D eigenvalue weighted by molar-refractivity contribution is -0.142. The summed E-state index contributed by atoms with van der Waals surface area (Å²) in [5.41, 5.74) is 2.08. The molecule has 0 saturated carbocycles. The Morgan fingerprint density at radius 2 is 1.87 bits per heavy atom. The molecule has 0 heterocycles. The summed E-state index contributed by atoms with van der Waals surface area (Å²) < 4.78 is 6.69. The Morgan fingerprint density at radius 1 is 1.10 bits per heavy atom. The molecule has 0 aliphatic heterocycles. The van der Waals surface area contributed by atoms with Gasteiger partial charge in [-0.05, 0) is 51.7 Å². The van der Waals surface area contributed by atoms with Gasteiger partial charge in [-0.15, -0.1) is 0 Å². The van der Waals surface area contributed by atoms with E-state index in [-0.39, 0.29) is 18.4 Å². The molecule has 3 rings (SSSR count). The molecule has 0 fully saturated rings. The van der Waals surface area contributed by atoms with Gasteiger partial charge < -0.3 is 15.0 Å². The van der Waals surface area contributed by atoms with Crippen LogP contribution in [0, 0.1) is 6.92 Å². The number of rotatable bonds is 8. The molecule has 0 spiro atoms. The molecular formula is C25H27BrN2O3. The molecule has 31 heavy (non-hydrogen) atoms. The van der Waals surface area contributed by atoms with Crippen molar-refractivity contribution < 1.29 is 14.3 Å². The first-order valence-corrected chi connectivity index (χ1v) is 11.1. The average molecular weight is 483 g/mol. The lowest BCUT2D eigenvalue weighted by Gasteiger charge is -2.30. The van der Waals surface area contributed by atoms with Crippen LogP contribution in [0.15, 0.2) is 65.1 Å². The van der Waals surface area contributed by atoms with Gasteiger partial charge in [0.25, 0.3) is 5.91 Å². The molecule has 5 nitrogen and oxygen atoms in total. The third-order valence-electron chi connectivity index (χ3n) is 5.25. The standard InChI is InChI=1S/C25H27BrN2O3/c1-4-21(25(30)27-3)28(15-18-9-7-8-17(2)14-18)23(29)16-31-22-13-12-19-10-5-6-11-20(19)24(22)26/h5-14,21H,4,15-16H2,1-3H3,(H,27,30). The van der Waals surface area contributed by atoms with Gasteiger partial charge in [0.1, 0.15) is 11.8 Å². The molecule has 3 aromatic rings. The number of nitrogens with zero attached hydrogens (tertiary/aromatic N) is 1. The fourth-order valence-corrected chi connectivity index (χ4v) is 4.25. The van der Waals surface area contributed by atoms with Gasteiger partial charge in [-0.25, -0.2) is 0 Å². The van der Waals surface area contributed by atoms with Crippen molar-refractivity contribution in [2.24, 2.45) is 0 Å². The first-order valence-electron chi connectivity index (χ1n) is 10.3. The molecule has 0 radical (unpaired) electrons. The van der Waals surface area contributed by atoms with E-state index in [1.54, 1.807) is 11.9 Å². The number of carbonyl (C=O) groups is 2. The Hall–Kier alpha value is -2.86. The zero-order valence-electron chi connectivity index (χ0n) is 18.0. The first-order chi connectivity index (χ1) is 14.9. The molecule has 1 unspecified atom stereocenters. The lowest BCUT2D eigenvalue weighted by Crippen LogP contribution is -2.49. The second-order valence-electron chi connectivity index (χ2n) is 7.44. The predicted molar refractivity (Wildman–Crippen MR) is 127 cm³/mol. The third-order valence-corrected chi connectivity index (χ3v) is 6.06. The number of hydrogen-bond donors (Lipinski definition) is 1. The highest BCUT2D eigenvalue weighted by molar-refractivity contribution is 9.10. The van der Waals surface area contributed by atoms with Crippen LogP contribution in [0.4, 0.5) is 0 Å². The molecule has 1 N–H and O–H groups in total. The highest BCUT2D eigenvalue weighted by atomic mass is 79.9. The lowest BCUT2D eigenvalue weighted by atomic mass is 10.1. The average Bonchev–Trinajstić information content (AvgIpc) is 2.78. The fraction of sp³-hybridized carbons (Fsp3) is 0.280. The summed E-state index contributed by atoms with van der Waals surface area (Å²) >= 11 is 3.59. The van der Waals surface area contributed by atoms with Crippen molar-refractivity contribution in [1.82, 2.24) is 10.2 Å². The molecule has 3 aromatic carbocycles. The van der Waals surface area contributed by atoms with Gasteiger partial charge >= 0.3 is 0 Å². The Bertz CT molecular complexity index is 1080. The number of likely N-dealkylation sites (N-methyl/N-ethyl adjacent to an activating group) is 1. The molecule has 0 aliphatic carbocycles. The van der Waals surface area contributed by atoms with Gasteiger partial charge in [-0.3, -0.25) is 9.59 Å². The number of carbonyl (C=O) groups excluding carboxylic acids is 2. The van der Waals surface area contributed by atoms with E-state index < -0.39 is 6.04 Å². The van der Waals surface area contributed by atoms with Gasteiger partial charge in [0, 0.05) is 13.6 Å². The fourth-order valence-electron chi connectivity index (χ4n) is 3.64. The van der Waals surface area contributed by atoms with Crippen molar-refractivity contribution in [2.45, 2.75) is 32.9 Å². The monoisotopic (exact) mass is 482 g/mol. The van der Waals surface area contributed by atoms with Crippen molar-refractivity contribution in [3.63, 3.8) is 0 Å². The molecule has 0 bridgehead atoms. The van der Waals surface area contributed by atoms with Crippen LogP contribution in [-0.2, 0) is 16.1 Å². The van der Waals surface area contributed by atoms with Crippen molar-refractivity contribution in [1.29, 1.82) is 0 Å². The first kappa shape index (κ1) is 22.8. The topological polar surface area (TPSA) is 58.6 Å². The smallest absolute Gasteiger partial charge is 0.261 e. The van der Waals surface area contributed by atoms with Gasteiger partial charge in [0.05, 0.1) is 4.47 Å². The predicted octanol–water partition coefficient (Wildman–Crippen LogP) is 4.84. The summed E-state index contributed by atoms with van der Waals surface area (Å²) in [6, 6.07) is 19.1. The van der Waals surface area contributed by atoms with Gasteiger partial charge in [0.15, 0.2) is 6.61 Å². The van der Waals surface area contributed by atoms with Crippen molar-refractivity contribution in [3.8, 4) is 5.75 Å². The molecule has 6 heteroatoms. The molecule has 0 saturated heterocycles. The maximum Gasteiger partial charge on any atom is 0.261 e. The molecule has 162 valence electrons. The Balaban J connectivity index is 1.82. The van der Waals surface area contributed by atoms with Crippen LogP contribution in [0.5, 0.6) is 5.75 Å². The number of hydrogen-bond acceptors (Lipinski definition) is 3. The van der Waals surface area contributed by atoms with Gasteiger partial charge in [-0.2, -0.15) is 0 Å². The van der Waals surface area contributed by atoms with E-state index in [0.717, 1.165) is 26.4 Å². The Morgan fingerprint density at radius 3 is 2.58 bits per heavy atom. The summed E-state index contributed by atoms with van der Waals surface area (Å²) in [6.07, 6.45) is 0.511. The quantitative estimate of drug-likeness (QED) is 0.499. The molecule has 1 atom stereocenters. The molecule has 0 aromatic heterocycles. The van der Waals surface area contributed by atoms with E-state index in [0.29, 0.717) is 18.7 Å². The SMILES string of the molecule is CCC(C(=O)NC)N(Cc1cccc(C)c1)C(=O)COc1ccc2ccccc2c1Br. The van der Waals surface area contributed by atoms with Crippen LogP contribution < -0.4 is 10.1 Å². The zero-order valence-corrected chi connectivity index (χ0v) is 19.6. The zero-order chi connectivity index (χ0) is 22.4. The Kier molecular flexibility index (Phi) is 7.69. The van der Waals surface area contributed by atoms with Crippen LogP contribution in [0.2, 0.25) is 0 Å². The summed E-state index contributed by atoms with van der Waals surface area (Å²) in [5, 5.41) is 4.77. The minimum atomic E-state index is -0.568. The van der Waals surface area contributed by atoms with E-state index in [1.807, 2.05) is 74.5 Å². The minimum Gasteiger partial charge on any atom is -0.483 e. The van der Waals surface area contributed by atoms with E-state index in [4.69, 9.17) is 4.74 Å². The largest absolute Gasteiger partial charge is 0.483 e. The van der Waals surface area contributed by atoms with E-state index in [1.165, 1.54) is 0 Å². The second-order valence-corrected chi connectivity index (χ2v) is 8.23. The highest BCUT2D eigenvalue weighted by Crippen LogP contribution is 2.33. The van der Waals surface area contributed by atoms with Crippen LogP contribution in [0.25, 0.3) is 10.8 Å². The normalized spacial score (nSPS) is 11.7. The van der Waals surface area contributed by atoms with Crippen LogP contribution in [0.3, 0.4) is 0 Å². The minimum absolute atomic E-state index is 0.156. The number of ether oxygens (including phenoxy) is 1. The third kappa shape index (κ3) is 5.44. The van der Waals surface area contributed by atoms with Gasteiger partial charge in [0.2, 0.25) is 5.91 Å². The molecule has 2 amide bonds. The summed E-state index contributed by atoms with van der Waals surface area (Å²) in [4.78, 5) is 27.3. The maximum absolute atomic E-state index is 13.2. The number of amides is 2. The van der Waals surface area contributed by atoms with E-state index in [2.05, 4.69) is 21.2 Å². The highest BCUT2D eigenvalue weighted by Gasteiger charge is 2.28. The number of nitrogens with one attached hydrogen (secondary N) is 1. The number of halogens is 1. The maximum atomic E-state index is 13.2. The van der Waals surface area contributed by atoms with Crippen molar-refractivity contribution >= 4 is 38.5 Å². The molecular weight excluding hydrogens is 456 g/mol. The number of benzene rings is 3. The van der Waals surface area contributed by atoms with E-state index >= 15 is 0 Å². The van der Waals surface area contributed by atoms with Crippen molar-refractivity contribution in [3.05, 3.63) is 76.3 Å². The number of fused-ring (bicyclic) bond motifs is 1. The second kappa shape index (κ2) is 10.4. The summed E-state index contributed by atoms with van der Waals surface area (Å²) in [7, 11) is 1.59. The van der Waals surface area contributed by atoms with Gasteiger partial charge in [-0.1, -0.05) is 67.1 Å². The van der Waals surface area contributed by atoms with Crippen LogP contribution in [-0.4, -0.2) is 36.4 Å². The Labute approximate surface area is 191 Å². The molecule has 0 aliphatic rings. The van der Waals surface area contributed by atoms with Crippen LogP contribution in [0.1, 0.15) is 24.5 Å².